The lowest BCUT2D eigenvalue weighted by atomic mass is 9.99. The highest BCUT2D eigenvalue weighted by atomic mass is 35.5. The van der Waals surface area contributed by atoms with Crippen molar-refractivity contribution < 1.29 is 4.74 Å². The van der Waals surface area contributed by atoms with E-state index in [0.29, 0.717) is 0 Å². The van der Waals surface area contributed by atoms with E-state index in [2.05, 4.69) is 18.7 Å². The fourth-order valence-electron chi connectivity index (χ4n) is 2.68. The average molecular weight is 296 g/mol. The Bertz CT molecular complexity index is 439. The van der Waals surface area contributed by atoms with Crippen LogP contribution in [0.5, 0.6) is 5.75 Å². The summed E-state index contributed by atoms with van der Waals surface area (Å²) in [5, 5.41) is 0.817. The molecule has 3 heteroatoms. The van der Waals surface area contributed by atoms with Gasteiger partial charge in [-0.3, -0.25) is 0 Å². The third-order valence-corrected chi connectivity index (χ3v) is 4.83. The van der Waals surface area contributed by atoms with E-state index in [1.165, 1.54) is 25.9 Å². The zero-order valence-electron chi connectivity index (χ0n) is 12.9. The molecule has 1 fully saturated rings. The summed E-state index contributed by atoms with van der Waals surface area (Å²) in [5.74, 6) is 1.88. The molecule has 0 unspecified atom stereocenters. The van der Waals surface area contributed by atoms with E-state index in [1.54, 1.807) is 0 Å². The molecule has 0 N–H and O–H groups in total. The SMILES string of the molecule is Cc1c(Cl)ccc(OCCCN2CCC(C)CC2)c1C. The minimum absolute atomic E-state index is 0.786. The Morgan fingerprint density at radius 1 is 1.20 bits per heavy atom. The van der Waals surface area contributed by atoms with Gasteiger partial charge in [0.2, 0.25) is 0 Å². The molecule has 1 aliphatic heterocycles. The van der Waals surface area contributed by atoms with Gasteiger partial charge in [0.05, 0.1) is 6.61 Å². The molecule has 0 amide bonds. The third-order valence-electron chi connectivity index (χ3n) is 4.42. The predicted octanol–water partition coefficient (Wildman–Crippen LogP) is 4.46. The number of likely N-dealkylation sites (tertiary alicyclic amines) is 1. The largest absolute Gasteiger partial charge is 0.493 e. The van der Waals surface area contributed by atoms with E-state index in [0.717, 1.165) is 47.4 Å². The molecular weight excluding hydrogens is 270 g/mol. The summed E-state index contributed by atoms with van der Waals surface area (Å²) in [6.07, 6.45) is 3.78. The zero-order valence-corrected chi connectivity index (χ0v) is 13.7. The fourth-order valence-corrected chi connectivity index (χ4v) is 2.88. The number of hydrogen-bond acceptors (Lipinski definition) is 2. The second kappa shape index (κ2) is 7.33. The molecule has 0 radical (unpaired) electrons. The van der Waals surface area contributed by atoms with Crippen LogP contribution in [0.25, 0.3) is 0 Å². The van der Waals surface area contributed by atoms with E-state index in [1.807, 2.05) is 19.1 Å². The van der Waals surface area contributed by atoms with Gasteiger partial charge in [-0.1, -0.05) is 18.5 Å². The van der Waals surface area contributed by atoms with E-state index >= 15 is 0 Å². The van der Waals surface area contributed by atoms with Crippen molar-refractivity contribution in [1.82, 2.24) is 4.90 Å². The predicted molar refractivity (Wildman–Crippen MR) is 85.9 cm³/mol. The Kier molecular flexibility index (Phi) is 5.74. The monoisotopic (exact) mass is 295 g/mol. The van der Waals surface area contributed by atoms with Crippen molar-refractivity contribution in [3.05, 3.63) is 28.3 Å². The molecule has 1 saturated heterocycles. The molecule has 0 bridgehead atoms. The van der Waals surface area contributed by atoms with Crippen molar-refractivity contribution in [2.45, 2.75) is 40.0 Å². The van der Waals surface area contributed by atoms with Crippen molar-refractivity contribution in [2.75, 3.05) is 26.2 Å². The highest BCUT2D eigenvalue weighted by Gasteiger charge is 2.15. The maximum Gasteiger partial charge on any atom is 0.122 e. The number of halogens is 1. The lowest BCUT2D eigenvalue weighted by Gasteiger charge is -2.30. The molecule has 1 heterocycles. The zero-order chi connectivity index (χ0) is 14.5. The molecule has 20 heavy (non-hydrogen) atoms. The Labute approximate surface area is 128 Å². The summed E-state index contributed by atoms with van der Waals surface area (Å²) in [5.41, 5.74) is 2.28. The topological polar surface area (TPSA) is 12.5 Å². The van der Waals surface area contributed by atoms with E-state index in [-0.39, 0.29) is 0 Å². The molecular formula is C17H26ClNO. The number of ether oxygens (including phenoxy) is 1. The molecule has 0 spiro atoms. The number of nitrogens with zero attached hydrogens (tertiary/aromatic N) is 1. The smallest absolute Gasteiger partial charge is 0.122 e. The van der Waals surface area contributed by atoms with Crippen LogP contribution in [0.15, 0.2) is 12.1 Å². The first-order valence-corrected chi connectivity index (χ1v) is 8.06. The van der Waals surface area contributed by atoms with Crippen LogP contribution >= 0.6 is 11.6 Å². The van der Waals surface area contributed by atoms with Gasteiger partial charge in [0.1, 0.15) is 5.75 Å². The van der Waals surface area contributed by atoms with Crippen LogP contribution < -0.4 is 4.74 Å². The second-order valence-electron chi connectivity index (χ2n) is 6.02. The molecule has 1 aliphatic rings. The molecule has 0 aliphatic carbocycles. The standard InChI is InChI=1S/C17H26ClNO/c1-13-7-10-19(11-8-13)9-4-12-20-17-6-5-16(18)14(2)15(17)3/h5-6,13H,4,7-12H2,1-3H3. The normalized spacial score (nSPS) is 17.4. The van der Waals surface area contributed by atoms with Gasteiger partial charge in [-0.15, -0.1) is 0 Å². The summed E-state index contributed by atoms with van der Waals surface area (Å²) in [6, 6.07) is 3.90. The molecule has 0 atom stereocenters. The fraction of sp³-hybridized carbons (Fsp3) is 0.647. The van der Waals surface area contributed by atoms with Crippen LogP contribution in [0.3, 0.4) is 0 Å². The van der Waals surface area contributed by atoms with Gasteiger partial charge in [-0.2, -0.15) is 0 Å². The Hall–Kier alpha value is -0.730. The quantitative estimate of drug-likeness (QED) is 0.744. The molecule has 2 rings (SSSR count). The minimum Gasteiger partial charge on any atom is -0.493 e. The number of hydrogen-bond donors (Lipinski definition) is 0. The third kappa shape index (κ3) is 4.13. The maximum absolute atomic E-state index is 6.10. The molecule has 1 aromatic carbocycles. The summed E-state index contributed by atoms with van der Waals surface area (Å²) in [6.45, 7) is 10.9. The summed E-state index contributed by atoms with van der Waals surface area (Å²) >= 11 is 6.10. The first-order valence-electron chi connectivity index (χ1n) is 7.68. The van der Waals surface area contributed by atoms with Gasteiger partial charge < -0.3 is 9.64 Å². The van der Waals surface area contributed by atoms with Crippen molar-refractivity contribution >= 4 is 11.6 Å². The Morgan fingerprint density at radius 3 is 2.60 bits per heavy atom. The first kappa shape index (κ1) is 15.7. The van der Waals surface area contributed by atoms with Gasteiger partial charge >= 0.3 is 0 Å². The van der Waals surface area contributed by atoms with Crippen LogP contribution in [0.4, 0.5) is 0 Å². The van der Waals surface area contributed by atoms with Crippen molar-refractivity contribution in [3.8, 4) is 5.75 Å². The van der Waals surface area contributed by atoms with Crippen LogP contribution in [0.1, 0.15) is 37.3 Å². The highest BCUT2D eigenvalue weighted by Crippen LogP contribution is 2.27. The Morgan fingerprint density at radius 2 is 1.90 bits per heavy atom. The molecule has 0 aromatic heterocycles. The summed E-state index contributed by atoms with van der Waals surface area (Å²) in [4.78, 5) is 2.56. The van der Waals surface area contributed by atoms with E-state index < -0.39 is 0 Å². The lowest BCUT2D eigenvalue weighted by Crippen LogP contribution is -2.34. The van der Waals surface area contributed by atoms with Gasteiger partial charge in [0.15, 0.2) is 0 Å². The van der Waals surface area contributed by atoms with Crippen LogP contribution in [-0.2, 0) is 0 Å². The van der Waals surface area contributed by atoms with Gasteiger partial charge in [0, 0.05) is 11.6 Å². The number of rotatable bonds is 5. The average Bonchev–Trinajstić information content (AvgIpc) is 2.45. The maximum atomic E-state index is 6.10. The molecule has 1 aromatic rings. The molecule has 112 valence electrons. The lowest BCUT2D eigenvalue weighted by molar-refractivity contribution is 0.177. The van der Waals surface area contributed by atoms with Crippen LogP contribution in [0.2, 0.25) is 5.02 Å². The van der Waals surface area contributed by atoms with Crippen LogP contribution in [-0.4, -0.2) is 31.1 Å². The first-order chi connectivity index (χ1) is 9.58. The van der Waals surface area contributed by atoms with Crippen molar-refractivity contribution in [3.63, 3.8) is 0 Å². The van der Waals surface area contributed by atoms with Gasteiger partial charge in [0.25, 0.3) is 0 Å². The van der Waals surface area contributed by atoms with Gasteiger partial charge in [-0.05, 0) is 75.4 Å². The summed E-state index contributed by atoms with van der Waals surface area (Å²) < 4.78 is 5.90. The molecule has 0 saturated carbocycles. The Balaban J connectivity index is 1.72. The number of benzene rings is 1. The van der Waals surface area contributed by atoms with E-state index in [9.17, 15) is 0 Å². The second-order valence-corrected chi connectivity index (χ2v) is 6.43. The van der Waals surface area contributed by atoms with Gasteiger partial charge in [-0.25, -0.2) is 0 Å². The van der Waals surface area contributed by atoms with Crippen molar-refractivity contribution in [1.29, 1.82) is 0 Å². The highest BCUT2D eigenvalue weighted by molar-refractivity contribution is 6.31. The molecule has 2 nitrogen and oxygen atoms in total. The summed E-state index contributed by atoms with van der Waals surface area (Å²) in [7, 11) is 0. The number of piperidine rings is 1. The van der Waals surface area contributed by atoms with Crippen LogP contribution in [0, 0.1) is 19.8 Å². The minimum atomic E-state index is 0.786. The van der Waals surface area contributed by atoms with E-state index in [4.69, 9.17) is 16.3 Å². The van der Waals surface area contributed by atoms with Crippen molar-refractivity contribution in [2.24, 2.45) is 5.92 Å².